The number of aromatic nitrogens is 1. The number of likely N-dealkylation sites (tertiary alicyclic amines) is 1. The summed E-state index contributed by atoms with van der Waals surface area (Å²) in [6, 6.07) is 20.2. The number of nitrogens with zero attached hydrogens (tertiary/aromatic N) is 3. The van der Waals surface area contributed by atoms with E-state index in [9.17, 15) is 18.0 Å². The second-order valence-corrected chi connectivity index (χ2v) is 10.7. The van der Waals surface area contributed by atoms with Gasteiger partial charge in [0.2, 0.25) is 0 Å². The van der Waals surface area contributed by atoms with Gasteiger partial charge in [-0.1, -0.05) is 62.4 Å². The lowest BCUT2D eigenvalue weighted by Crippen LogP contribution is -2.49. The zero-order valence-electron chi connectivity index (χ0n) is 22.1. The lowest BCUT2D eigenvalue weighted by molar-refractivity contribution is -0.137. The Balaban J connectivity index is 1.59. The first kappa shape index (κ1) is 27.1. The van der Waals surface area contributed by atoms with Gasteiger partial charge in [0, 0.05) is 37.2 Å². The van der Waals surface area contributed by atoms with Crippen LogP contribution < -0.4 is 4.90 Å². The van der Waals surface area contributed by atoms with Gasteiger partial charge in [-0.05, 0) is 41.5 Å². The predicted molar refractivity (Wildman–Crippen MR) is 145 cm³/mol. The Kier molecular flexibility index (Phi) is 7.60. The van der Waals surface area contributed by atoms with Gasteiger partial charge in [-0.15, -0.1) is 0 Å². The number of hydrogen-bond donors (Lipinski definition) is 0. The van der Waals surface area contributed by atoms with E-state index in [0.29, 0.717) is 43.1 Å². The fraction of sp³-hybridized carbons (Fsp3) is 0.355. The Labute approximate surface area is 226 Å². The minimum absolute atomic E-state index is 0.0321. The van der Waals surface area contributed by atoms with E-state index in [1.165, 1.54) is 12.1 Å². The van der Waals surface area contributed by atoms with E-state index < -0.39 is 23.2 Å². The summed E-state index contributed by atoms with van der Waals surface area (Å²) in [5, 5.41) is 0. The molecule has 0 amide bonds. The van der Waals surface area contributed by atoms with Gasteiger partial charge in [-0.2, -0.15) is 13.2 Å². The third-order valence-electron chi connectivity index (χ3n) is 7.31. The van der Waals surface area contributed by atoms with Crippen molar-refractivity contribution >= 4 is 17.7 Å². The highest BCUT2D eigenvalue weighted by atomic mass is 19.4. The first-order valence-corrected chi connectivity index (χ1v) is 13.1. The molecule has 0 N–H and O–H groups in total. The fourth-order valence-corrected chi connectivity index (χ4v) is 5.38. The van der Waals surface area contributed by atoms with Crippen molar-refractivity contribution in [3.05, 3.63) is 101 Å². The van der Waals surface area contributed by atoms with E-state index >= 15 is 0 Å². The van der Waals surface area contributed by atoms with Gasteiger partial charge in [-0.25, -0.2) is 4.98 Å². The van der Waals surface area contributed by atoms with Crippen LogP contribution in [0.3, 0.4) is 0 Å². The first-order valence-electron chi connectivity index (χ1n) is 13.1. The van der Waals surface area contributed by atoms with Gasteiger partial charge in [0.05, 0.1) is 30.5 Å². The van der Waals surface area contributed by atoms with Crippen molar-refractivity contribution in [2.75, 3.05) is 37.7 Å². The molecule has 1 atom stereocenters. The van der Waals surface area contributed by atoms with Gasteiger partial charge in [0.25, 0.3) is 0 Å². The number of ketones is 1. The van der Waals surface area contributed by atoms with Gasteiger partial charge in [0.15, 0.2) is 5.78 Å². The number of ether oxygens (including phenoxy) is 1. The Hall–Kier alpha value is -3.49. The molecule has 0 saturated carbocycles. The van der Waals surface area contributed by atoms with Crippen molar-refractivity contribution in [3.63, 3.8) is 0 Å². The molecule has 2 aliphatic heterocycles. The molecule has 5 rings (SSSR count). The number of alkyl halides is 3. The number of Topliss-reactive ketones (excluding diaryl/α,β-unsaturated/α-hetero) is 1. The average molecular weight is 536 g/mol. The van der Waals surface area contributed by atoms with Crippen molar-refractivity contribution in [2.45, 2.75) is 32.6 Å². The molecule has 0 spiro atoms. The number of rotatable bonds is 5. The smallest absolute Gasteiger partial charge is 0.378 e. The molecule has 2 aliphatic rings. The third-order valence-corrected chi connectivity index (χ3v) is 7.31. The third kappa shape index (κ3) is 6.07. The summed E-state index contributed by atoms with van der Waals surface area (Å²) in [6.07, 6.45) is -2.62. The van der Waals surface area contributed by atoms with Crippen LogP contribution in [0.2, 0.25) is 0 Å². The lowest BCUT2D eigenvalue weighted by atomic mass is 9.74. The molecule has 1 unspecified atom stereocenters. The summed E-state index contributed by atoms with van der Waals surface area (Å²) in [4.78, 5) is 23.1. The minimum Gasteiger partial charge on any atom is -0.378 e. The molecule has 0 radical (unpaired) electrons. The van der Waals surface area contributed by atoms with E-state index in [4.69, 9.17) is 9.72 Å². The standard InChI is InChI=1S/C31H32F3N3O2/c1-30(2)21-37(20-22-7-4-3-5-8-22)28(23-11-13-24(14-12-23)31(32,33)34)26(29(30)38)19-25-9-6-10-27(35-25)36-15-17-39-18-16-36/h3-14,19,28H,15-18,20-21H2,1-2H3/b26-19-. The average Bonchev–Trinajstić information content (AvgIpc) is 2.92. The lowest BCUT2D eigenvalue weighted by Gasteiger charge is -2.44. The summed E-state index contributed by atoms with van der Waals surface area (Å²) >= 11 is 0. The van der Waals surface area contributed by atoms with Crippen molar-refractivity contribution < 1.29 is 22.7 Å². The summed E-state index contributed by atoms with van der Waals surface area (Å²) in [5.41, 5.74) is 1.45. The predicted octanol–water partition coefficient (Wildman–Crippen LogP) is 6.17. The summed E-state index contributed by atoms with van der Waals surface area (Å²) in [5.74, 6) is 0.776. The minimum atomic E-state index is -4.44. The normalized spacial score (nSPS) is 21.4. The van der Waals surface area contributed by atoms with E-state index in [1.807, 2.05) is 68.5 Å². The van der Waals surface area contributed by atoms with Crippen LogP contribution in [0, 0.1) is 5.41 Å². The number of pyridine rings is 1. The highest BCUT2D eigenvalue weighted by Gasteiger charge is 2.44. The molecule has 5 nitrogen and oxygen atoms in total. The number of piperidine rings is 1. The van der Waals surface area contributed by atoms with E-state index in [1.54, 1.807) is 0 Å². The van der Waals surface area contributed by atoms with Crippen LogP contribution in [0.1, 0.15) is 42.3 Å². The molecule has 2 fully saturated rings. The monoisotopic (exact) mass is 535 g/mol. The molecule has 204 valence electrons. The quantitative estimate of drug-likeness (QED) is 0.366. The number of morpholine rings is 1. The van der Waals surface area contributed by atoms with Gasteiger partial charge in [0.1, 0.15) is 5.82 Å². The molecule has 0 aliphatic carbocycles. The maximum atomic E-state index is 13.9. The molecular weight excluding hydrogens is 503 g/mol. The largest absolute Gasteiger partial charge is 0.416 e. The maximum absolute atomic E-state index is 13.9. The number of carbonyl (C=O) groups excluding carboxylic acids is 1. The van der Waals surface area contributed by atoms with Crippen molar-refractivity contribution in [1.29, 1.82) is 0 Å². The highest BCUT2D eigenvalue weighted by Crippen LogP contribution is 2.43. The van der Waals surface area contributed by atoms with Crippen molar-refractivity contribution in [1.82, 2.24) is 9.88 Å². The molecule has 2 aromatic carbocycles. The second-order valence-electron chi connectivity index (χ2n) is 10.7. The Morgan fingerprint density at radius 2 is 1.67 bits per heavy atom. The first-order chi connectivity index (χ1) is 18.6. The van der Waals surface area contributed by atoms with Crippen molar-refractivity contribution in [3.8, 4) is 0 Å². The van der Waals surface area contributed by atoms with Crippen LogP contribution in [0.25, 0.3) is 6.08 Å². The van der Waals surface area contributed by atoms with Crippen LogP contribution in [-0.4, -0.2) is 48.5 Å². The number of benzene rings is 2. The zero-order valence-corrected chi connectivity index (χ0v) is 22.1. The molecule has 2 saturated heterocycles. The fourth-order valence-electron chi connectivity index (χ4n) is 5.38. The number of carbonyl (C=O) groups is 1. The van der Waals surface area contributed by atoms with Crippen LogP contribution >= 0.6 is 0 Å². The van der Waals surface area contributed by atoms with Gasteiger partial charge >= 0.3 is 6.18 Å². The van der Waals surface area contributed by atoms with Crippen LogP contribution in [0.5, 0.6) is 0 Å². The van der Waals surface area contributed by atoms with Crippen LogP contribution in [0.15, 0.2) is 78.4 Å². The van der Waals surface area contributed by atoms with Crippen LogP contribution in [-0.2, 0) is 22.3 Å². The summed E-state index contributed by atoms with van der Waals surface area (Å²) in [7, 11) is 0. The Morgan fingerprint density at radius 1 is 0.974 bits per heavy atom. The Bertz CT molecular complexity index is 1330. The van der Waals surface area contributed by atoms with Crippen molar-refractivity contribution in [2.24, 2.45) is 5.41 Å². The molecule has 8 heteroatoms. The Morgan fingerprint density at radius 3 is 2.33 bits per heavy atom. The van der Waals surface area contributed by atoms with Crippen LogP contribution in [0.4, 0.5) is 19.0 Å². The van der Waals surface area contributed by atoms with E-state index in [-0.39, 0.29) is 5.78 Å². The molecule has 39 heavy (non-hydrogen) atoms. The highest BCUT2D eigenvalue weighted by molar-refractivity contribution is 6.05. The number of anilines is 1. The molecule has 3 heterocycles. The molecule has 1 aromatic heterocycles. The zero-order chi connectivity index (χ0) is 27.6. The number of hydrogen-bond acceptors (Lipinski definition) is 5. The topological polar surface area (TPSA) is 45.7 Å². The van der Waals surface area contributed by atoms with Gasteiger partial charge in [-0.3, -0.25) is 9.69 Å². The summed E-state index contributed by atoms with van der Waals surface area (Å²) < 4.78 is 45.5. The molecular formula is C31H32F3N3O2. The second kappa shape index (κ2) is 10.9. The molecule has 3 aromatic rings. The van der Waals surface area contributed by atoms with Gasteiger partial charge < -0.3 is 9.64 Å². The van der Waals surface area contributed by atoms with E-state index in [2.05, 4.69) is 9.80 Å². The summed E-state index contributed by atoms with van der Waals surface area (Å²) in [6.45, 7) is 7.57. The SMILES string of the molecule is CC1(C)CN(Cc2ccccc2)C(c2ccc(C(F)(F)F)cc2)/C(=C/c2cccc(N3CCOCC3)n2)C1=O. The number of halogens is 3. The maximum Gasteiger partial charge on any atom is 0.416 e. The molecule has 0 bridgehead atoms. The van der Waals surface area contributed by atoms with E-state index in [0.717, 1.165) is 36.6 Å².